The quantitative estimate of drug-likeness (QED) is 0.787. The summed E-state index contributed by atoms with van der Waals surface area (Å²) >= 11 is 0. The Morgan fingerprint density at radius 2 is 2.05 bits per heavy atom. The van der Waals surface area contributed by atoms with E-state index < -0.39 is 12.1 Å². The molecule has 0 bridgehead atoms. The van der Waals surface area contributed by atoms with E-state index >= 15 is 0 Å². The first-order valence-electron chi connectivity index (χ1n) is 7.08. The number of pyridine rings is 1. The average Bonchev–Trinajstić information content (AvgIpc) is 2.47. The zero-order valence-electron chi connectivity index (χ0n) is 12.8. The van der Waals surface area contributed by atoms with Crippen molar-refractivity contribution < 1.29 is 18.7 Å². The standard InChI is InChI=1S/C17H18FNO3/c1-4-21-17(20)15-11(2)9-10-19-16(15)22-12(3)13-7-5-6-8-14(13)18/h5-10,12H,4H2,1-3H3. The number of nitrogens with zero attached hydrogens (tertiary/aromatic N) is 1. The lowest BCUT2D eigenvalue weighted by atomic mass is 10.1. The molecule has 0 amide bonds. The van der Waals surface area contributed by atoms with Gasteiger partial charge in [-0.1, -0.05) is 18.2 Å². The van der Waals surface area contributed by atoms with Crippen molar-refractivity contribution >= 4 is 5.97 Å². The molecule has 0 fully saturated rings. The Bertz CT molecular complexity index is 673. The highest BCUT2D eigenvalue weighted by atomic mass is 19.1. The summed E-state index contributed by atoms with van der Waals surface area (Å²) < 4.78 is 24.5. The molecule has 1 unspecified atom stereocenters. The van der Waals surface area contributed by atoms with Crippen LogP contribution in [0.15, 0.2) is 36.5 Å². The summed E-state index contributed by atoms with van der Waals surface area (Å²) in [7, 11) is 0. The van der Waals surface area contributed by atoms with Gasteiger partial charge in [0, 0.05) is 11.8 Å². The van der Waals surface area contributed by atoms with Crippen LogP contribution < -0.4 is 4.74 Å². The molecule has 0 aliphatic rings. The van der Waals surface area contributed by atoms with E-state index in [1.807, 2.05) is 0 Å². The highest BCUT2D eigenvalue weighted by Gasteiger charge is 2.21. The summed E-state index contributed by atoms with van der Waals surface area (Å²) in [6.07, 6.45) is 0.963. The number of ether oxygens (including phenoxy) is 2. The van der Waals surface area contributed by atoms with Crippen LogP contribution in [0.25, 0.3) is 0 Å². The molecule has 0 N–H and O–H groups in total. The van der Waals surface area contributed by atoms with Gasteiger partial charge in [-0.15, -0.1) is 0 Å². The molecule has 0 saturated carbocycles. The van der Waals surface area contributed by atoms with Gasteiger partial charge in [0.15, 0.2) is 0 Å². The molecule has 4 nitrogen and oxygen atoms in total. The van der Waals surface area contributed by atoms with Gasteiger partial charge in [-0.2, -0.15) is 0 Å². The molecule has 1 atom stereocenters. The minimum atomic E-state index is -0.580. The Labute approximate surface area is 128 Å². The molecule has 0 aliphatic carbocycles. The molecule has 0 radical (unpaired) electrons. The van der Waals surface area contributed by atoms with E-state index in [0.717, 1.165) is 0 Å². The molecule has 116 valence electrons. The van der Waals surface area contributed by atoms with Gasteiger partial charge in [-0.3, -0.25) is 0 Å². The number of hydrogen-bond donors (Lipinski definition) is 0. The molecule has 1 aromatic heterocycles. The first kappa shape index (κ1) is 15.9. The van der Waals surface area contributed by atoms with Gasteiger partial charge >= 0.3 is 5.97 Å². The Morgan fingerprint density at radius 3 is 2.73 bits per heavy atom. The lowest BCUT2D eigenvalue weighted by molar-refractivity contribution is 0.0517. The zero-order valence-corrected chi connectivity index (χ0v) is 12.8. The number of aryl methyl sites for hydroxylation is 1. The summed E-state index contributed by atoms with van der Waals surface area (Å²) in [5.41, 5.74) is 1.37. The van der Waals surface area contributed by atoms with Crippen molar-refractivity contribution in [3.05, 3.63) is 59.0 Å². The number of aromatic nitrogens is 1. The molecule has 5 heteroatoms. The third kappa shape index (κ3) is 3.42. The van der Waals surface area contributed by atoms with E-state index in [1.54, 1.807) is 51.2 Å². The van der Waals surface area contributed by atoms with Crippen LogP contribution in [0, 0.1) is 12.7 Å². The highest BCUT2D eigenvalue weighted by molar-refractivity contribution is 5.93. The van der Waals surface area contributed by atoms with Crippen molar-refractivity contribution in [2.24, 2.45) is 0 Å². The van der Waals surface area contributed by atoms with Crippen LogP contribution in [0.5, 0.6) is 5.88 Å². The van der Waals surface area contributed by atoms with Crippen molar-refractivity contribution in [3.63, 3.8) is 0 Å². The molecular formula is C17H18FNO3. The minimum Gasteiger partial charge on any atom is -0.469 e. The fourth-order valence-corrected chi connectivity index (χ4v) is 2.11. The van der Waals surface area contributed by atoms with Gasteiger partial charge in [0.05, 0.1) is 6.61 Å². The molecule has 2 rings (SSSR count). The predicted octanol–water partition coefficient (Wildman–Crippen LogP) is 3.85. The summed E-state index contributed by atoms with van der Waals surface area (Å²) in [5, 5.41) is 0. The van der Waals surface area contributed by atoms with Gasteiger partial charge in [0.25, 0.3) is 0 Å². The van der Waals surface area contributed by atoms with E-state index in [2.05, 4.69) is 4.98 Å². The molecule has 0 spiro atoms. The van der Waals surface area contributed by atoms with E-state index in [9.17, 15) is 9.18 Å². The van der Waals surface area contributed by atoms with Crippen LogP contribution in [0.3, 0.4) is 0 Å². The monoisotopic (exact) mass is 303 g/mol. The topological polar surface area (TPSA) is 48.4 Å². The van der Waals surface area contributed by atoms with E-state index in [0.29, 0.717) is 11.1 Å². The largest absolute Gasteiger partial charge is 0.469 e. The predicted molar refractivity (Wildman–Crippen MR) is 80.4 cm³/mol. The Hall–Kier alpha value is -2.43. The number of carbonyl (C=O) groups is 1. The molecule has 1 heterocycles. The van der Waals surface area contributed by atoms with Gasteiger partial charge in [0.1, 0.15) is 17.5 Å². The molecule has 1 aromatic carbocycles. The smallest absolute Gasteiger partial charge is 0.343 e. The third-order valence-electron chi connectivity index (χ3n) is 3.24. The second-order valence-electron chi connectivity index (χ2n) is 4.81. The van der Waals surface area contributed by atoms with Gasteiger partial charge in [-0.05, 0) is 38.5 Å². The van der Waals surface area contributed by atoms with Gasteiger partial charge in [0.2, 0.25) is 5.88 Å². The summed E-state index contributed by atoms with van der Waals surface area (Å²) in [4.78, 5) is 16.1. The van der Waals surface area contributed by atoms with Crippen LogP contribution in [0.4, 0.5) is 4.39 Å². The fourth-order valence-electron chi connectivity index (χ4n) is 2.11. The van der Waals surface area contributed by atoms with Crippen molar-refractivity contribution in [2.75, 3.05) is 6.61 Å². The van der Waals surface area contributed by atoms with Crippen molar-refractivity contribution in [2.45, 2.75) is 26.9 Å². The Balaban J connectivity index is 2.32. The van der Waals surface area contributed by atoms with E-state index in [-0.39, 0.29) is 23.9 Å². The number of hydrogen-bond acceptors (Lipinski definition) is 4. The van der Waals surface area contributed by atoms with Crippen molar-refractivity contribution in [1.82, 2.24) is 4.98 Å². The third-order valence-corrected chi connectivity index (χ3v) is 3.24. The molecule has 0 aliphatic heterocycles. The lowest BCUT2D eigenvalue weighted by Crippen LogP contribution is -2.13. The summed E-state index contributed by atoms with van der Waals surface area (Å²) in [6.45, 7) is 5.47. The number of halogens is 1. The van der Waals surface area contributed by atoms with Crippen molar-refractivity contribution in [1.29, 1.82) is 0 Å². The summed E-state index contributed by atoms with van der Waals surface area (Å²) in [5.74, 6) is -0.710. The number of esters is 1. The number of benzene rings is 1. The summed E-state index contributed by atoms with van der Waals surface area (Å²) in [6, 6.07) is 8.05. The molecular weight excluding hydrogens is 285 g/mol. The maximum atomic E-state index is 13.8. The first-order chi connectivity index (χ1) is 10.5. The molecule has 2 aromatic rings. The maximum Gasteiger partial charge on any atom is 0.343 e. The number of carbonyl (C=O) groups excluding carboxylic acids is 1. The average molecular weight is 303 g/mol. The molecule has 0 saturated heterocycles. The van der Waals surface area contributed by atoms with Gasteiger partial charge in [-0.25, -0.2) is 14.2 Å². The van der Waals surface area contributed by atoms with E-state index in [1.165, 1.54) is 6.07 Å². The fraction of sp³-hybridized carbons (Fsp3) is 0.294. The van der Waals surface area contributed by atoms with Crippen LogP contribution in [0.2, 0.25) is 0 Å². The highest BCUT2D eigenvalue weighted by Crippen LogP contribution is 2.27. The zero-order chi connectivity index (χ0) is 16.1. The number of rotatable bonds is 5. The van der Waals surface area contributed by atoms with Crippen molar-refractivity contribution in [3.8, 4) is 5.88 Å². The second-order valence-corrected chi connectivity index (χ2v) is 4.81. The minimum absolute atomic E-state index is 0.147. The van der Waals surface area contributed by atoms with E-state index in [4.69, 9.17) is 9.47 Å². The van der Waals surface area contributed by atoms with Crippen LogP contribution in [-0.2, 0) is 4.74 Å². The second kappa shape index (κ2) is 7.02. The Kier molecular flexibility index (Phi) is 5.09. The lowest BCUT2D eigenvalue weighted by Gasteiger charge is -2.17. The molecule has 22 heavy (non-hydrogen) atoms. The normalized spacial score (nSPS) is 11.8. The Morgan fingerprint density at radius 1 is 1.32 bits per heavy atom. The first-order valence-corrected chi connectivity index (χ1v) is 7.08. The SMILES string of the molecule is CCOC(=O)c1c(C)ccnc1OC(C)c1ccccc1F. The van der Waals surface area contributed by atoms with Crippen LogP contribution >= 0.6 is 0 Å². The van der Waals surface area contributed by atoms with Gasteiger partial charge < -0.3 is 9.47 Å². The van der Waals surface area contributed by atoms with Crippen LogP contribution in [0.1, 0.15) is 41.4 Å². The van der Waals surface area contributed by atoms with Crippen LogP contribution in [-0.4, -0.2) is 17.6 Å². The maximum absolute atomic E-state index is 13.8.